The maximum Gasteiger partial charge on any atom is 0.335 e. The van der Waals surface area contributed by atoms with Gasteiger partial charge in [-0.2, -0.15) is 0 Å². The summed E-state index contributed by atoms with van der Waals surface area (Å²) in [6.07, 6.45) is 1.94. The summed E-state index contributed by atoms with van der Waals surface area (Å²) < 4.78 is 0. The molecule has 1 aromatic rings. The Balaban J connectivity index is 2.20. The van der Waals surface area contributed by atoms with E-state index < -0.39 is 5.97 Å². The highest BCUT2D eigenvalue weighted by atomic mass is 16.4. The zero-order chi connectivity index (χ0) is 10.1. The topological polar surface area (TPSA) is 54.4 Å². The Morgan fingerprint density at radius 2 is 1.57 bits per heavy atom. The molecule has 0 amide bonds. The van der Waals surface area contributed by atoms with Gasteiger partial charge in [-0.15, -0.1) is 0 Å². The lowest BCUT2D eigenvalue weighted by Crippen LogP contribution is -2.02. The van der Waals surface area contributed by atoms with E-state index >= 15 is 0 Å². The summed E-state index contributed by atoms with van der Waals surface area (Å²) in [5.41, 5.74) is 0.842. The first-order valence-corrected chi connectivity index (χ1v) is 4.56. The summed E-state index contributed by atoms with van der Waals surface area (Å²) in [5, 5.41) is 8.65. The standard InChI is InChI=1S/C11H10O3/c12-10(7-1-2-7)8-3-5-9(6-4-8)11(13)14/h3-7H,1-2H2,(H,13,14). The van der Waals surface area contributed by atoms with Gasteiger partial charge in [0, 0.05) is 11.5 Å². The zero-order valence-corrected chi connectivity index (χ0v) is 7.56. The third-order valence-electron chi connectivity index (χ3n) is 2.36. The molecule has 0 radical (unpaired) electrons. The van der Waals surface area contributed by atoms with Crippen molar-refractivity contribution in [2.24, 2.45) is 5.92 Å². The molecule has 0 spiro atoms. The molecular weight excluding hydrogens is 180 g/mol. The van der Waals surface area contributed by atoms with Crippen LogP contribution in [0.2, 0.25) is 0 Å². The first kappa shape index (κ1) is 8.94. The van der Waals surface area contributed by atoms with E-state index in [-0.39, 0.29) is 17.3 Å². The highest BCUT2D eigenvalue weighted by molar-refractivity contribution is 6.00. The molecule has 72 valence electrons. The predicted molar refractivity (Wildman–Crippen MR) is 50.5 cm³/mol. The molecule has 0 atom stereocenters. The molecule has 3 nitrogen and oxygen atoms in total. The third kappa shape index (κ3) is 1.66. The van der Waals surface area contributed by atoms with E-state index in [1.165, 1.54) is 12.1 Å². The SMILES string of the molecule is O=C(O)c1ccc(C(=O)C2CC2)cc1. The normalized spacial score (nSPS) is 15.1. The molecular formula is C11H10O3. The molecule has 1 N–H and O–H groups in total. The lowest BCUT2D eigenvalue weighted by atomic mass is 10.1. The highest BCUT2D eigenvalue weighted by Crippen LogP contribution is 2.32. The lowest BCUT2D eigenvalue weighted by Gasteiger charge is -1.98. The molecule has 0 aliphatic heterocycles. The Morgan fingerprint density at radius 3 is 2.00 bits per heavy atom. The molecule has 1 saturated carbocycles. The van der Waals surface area contributed by atoms with Crippen LogP contribution in [0.1, 0.15) is 33.6 Å². The average Bonchev–Trinajstić information content (AvgIpc) is 3.00. The fourth-order valence-electron chi connectivity index (χ4n) is 1.36. The monoisotopic (exact) mass is 190 g/mol. The van der Waals surface area contributed by atoms with Crippen molar-refractivity contribution in [3.05, 3.63) is 35.4 Å². The van der Waals surface area contributed by atoms with E-state index in [4.69, 9.17) is 5.11 Å². The molecule has 0 unspecified atom stereocenters. The van der Waals surface area contributed by atoms with E-state index in [0.717, 1.165) is 12.8 Å². The molecule has 0 saturated heterocycles. The summed E-state index contributed by atoms with van der Waals surface area (Å²) in [6.45, 7) is 0. The molecule has 3 heteroatoms. The quantitative estimate of drug-likeness (QED) is 0.741. The average molecular weight is 190 g/mol. The van der Waals surface area contributed by atoms with Crippen LogP contribution in [0.5, 0.6) is 0 Å². The molecule has 0 heterocycles. The van der Waals surface area contributed by atoms with Gasteiger partial charge in [-0.1, -0.05) is 12.1 Å². The second kappa shape index (κ2) is 3.25. The van der Waals surface area contributed by atoms with Crippen LogP contribution in [0.4, 0.5) is 0 Å². The summed E-state index contributed by atoms with van der Waals surface area (Å²) >= 11 is 0. The van der Waals surface area contributed by atoms with Crippen LogP contribution in [0.3, 0.4) is 0 Å². The number of Topliss-reactive ketones (excluding diaryl/α,β-unsaturated/α-hetero) is 1. The molecule has 0 bridgehead atoms. The number of aromatic carboxylic acids is 1. The zero-order valence-electron chi connectivity index (χ0n) is 7.56. The Kier molecular flexibility index (Phi) is 2.08. The lowest BCUT2D eigenvalue weighted by molar-refractivity contribution is 0.0696. The van der Waals surface area contributed by atoms with E-state index in [1.54, 1.807) is 12.1 Å². The first-order valence-electron chi connectivity index (χ1n) is 4.56. The van der Waals surface area contributed by atoms with Crippen molar-refractivity contribution in [2.45, 2.75) is 12.8 Å². The molecule has 1 aliphatic rings. The van der Waals surface area contributed by atoms with Crippen molar-refractivity contribution in [1.29, 1.82) is 0 Å². The Bertz CT molecular complexity index is 374. The van der Waals surface area contributed by atoms with Crippen molar-refractivity contribution >= 4 is 11.8 Å². The maximum atomic E-state index is 11.5. The number of carbonyl (C=O) groups is 2. The fraction of sp³-hybridized carbons (Fsp3) is 0.273. The van der Waals surface area contributed by atoms with Gasteiger partial charge in [-0.25, -0.2) is 4.79 Å². The molecule has 1 aromatic carbocycles. The van der Waals surface area contributed by atoms with Gasteiger partial charge in [0.25, 0.3) is 0 Å². The van der Waals surface area contributed by atoms with Gasteiger partial charge in [0.2, 0.25) is 0 Å². The van der Waals surface area contributed by atoms with Gasteiger partial charge >= 0.3 is 5.97 Å². The second-order valence-corrected chi connectivity index (χ2v) is 3.52. The van der Waals surface area contributed by atoms with Gasteiger partial charge in [0.05, 0.1) is 5.56 Å². The van der Waals surface area contributed by atoms with Crippen LogP contribution in [-0.2, 0) is 0 Å². The van der Waals surface area contributed by atoms with E-state index in [1.807, 2.05) is 0 Å². The number of rotatable bonds is 3. The summed E-state index contributed by atoms with van der Waals surface area (Å²) in [6, 6.07) is 6.12. The first-order chi connectivity index (χ1) is 6.68. The van der Waals surface area contributed by atoms with Gasteiger partial charge in [0.1, 0.15) is 0 Å². The van der Waals surface area contributed by atoms with E-state index in [9.17, 15) is 9.59 Å². The van der Waals surface area contributed by atoms with Gasteiger partial charge < -0.3 is 5.11 Å². The van der Waals surface area contributed by atoms with Crippen molar-refractivity contribution in [3.63, 3.8) is 0 Å². The van der Waals surface area contributed by atoms with Crippen LogP contribution < -0.4 is 0 Å². The minimum atomic E-state index is -0.963. The minimum Gasteiger partial charge on any atom is -0.478 e. The van der Waals surface area contributed by atoms with Crippen LogP contribution in [0.25, 0.3) is 0 Å². The molecule has 0 aromatic heterocycles. The maximum absolute atomic E-state index is 11.5. The van der Waals surface area contributed by atoms with Crippen molar-refractivity contribution < 1.29 is 14.7 Å². The predicted octanol–water partition coefficient (Wildman–Crippen LogP) is 1.98. The molecule has 14 heavy (non-hydrogen) atoms. The van der Waals surface area contributed by atoms with Crippen molar-refractivity contribution in [3.8, 4) is 0 Å². The number of hydrogen-bond acceptors (Lipinski definition) is 2. The summed E-state index contributed by atoms with van der Waals surface area (Å²) in [4.78, 5) is 22.1. The smallest absolute Gasteiger partial charge is 0.335 e. The van der Waals surface area contributed by atoms with E-state index in [2.05, 4.69) is 0 Å². The van der Waals surface area contributed by atoms with Gasteiger partial charge in [-0.3, -0.25) is 4.79 Å². The number of carboxylic acid groups (broad SMARTS) is 1. The number of carbonyl (C=O) groups excluding carboxylic acids is 1. The number of ketones is 1. The highest BCUT2D eigenvalue weighted by Gasteiger charge is 2.30. The molecule has 1 aliphatic carbocycles. The number of hydrogen-bond donors (Lipinski definition) is 1. The second-order valence-electron chi connectivity index (χ2n) is 3.52. The fourth-order valence-corrected chi connectivity index (χ4v) is 1.36. The van der Waals surface area contributed by atoms with Crippen LogP contribution in [0, 0.1) is 5.92 Å². The summed E-state index contributed by atoms with van der Waals surface area (Å²) in [7, 11) is 0. The molecule has 2 rings (SSSR count). The van der Waals surface area contributed by atoms with Gasteiger partial charge in [0.15, 0.2) is 5.78 Å². The Morgan fingerprint density at radius 1 is 1.07 bits per heavy atom. The van der Waals surface area contributed by atoms with Gasteiger partial charge in [-0.05, 0) is 25.0 Å². The minimum absolute atomic E-state index is 0.141. The van der Waals surface area contributed by atoms with Crippen LogP contribution in [0.15, 0.2) is 24.3 Å². The Labute approximate surface area is 81.4 Å². The number of benzene rings is 1. The summed E-state index contributed by atoms with van der Waals surface area (Å²) in [5.74, 6) is -0.636. The van der Waals surface area contributed by atoms with Crippen molar-refractivity contribution in [1.82, 2.24) is 0 Å². The third-order valence-corrected chi connectivity index (χ3v) is 2.36. The molecule has 1 fully saturated rings. The largest absolute Gasteiger partial charge is 0.478 e. The van der Waals surface area contributed by atoms with Crippen LogP contribution >= 0.6 is 0 Å². The van der Waals surface area contributed by atoms with E-state index in [0.29, 0.717) is 5.56 Å². The van der Waals surface area contributed by atoms with Crippen LogP contribution in [-0.4, -0.2) is 16.9 Å². The Hall–Kier alpha value is -1.64. The van der Waals surface area contributed by atoms with Crippen molar-refractivity contribution in [2.75, 3.05) is 0 Å². The number of carboxylic acids is 1.